The first-order valence-corrected chi connectivity index (χ1v) is 9.40. The minimum atomic E-state index is 0.175. The highest BCUT2D eigenvalue weighted by atomic mass is 32.1. The summed E-state index contributed by atoms with van der Waals surface area (Å²) >= 11 is 1.62. The average molecular weight is 331 g/mol. The van der Waals surface area contributed by atoms with Crippen LogP contribution in [-0.4, -0.2) is 34.1 Å². The maximum Gasteiger partial charge on any atom is 0.248 e. The summed E-state index contributed by atoms with van der Waals surface area (Å²) in [6.45, 7) is 1.60. The fraction of sp³-hybridized carbons (Fsp3) is 0.588. The summed E-state index contributed by atoms with van der Waals surface area (Å²) in [7, 11) is 0. The molecule has 0 aromatic carbocycles. The molecule has 1 unspecified atom stereocenters. The predicted octanol–water partition coefficient (Wildman–Crippen LogP) is 3.69. The topological polar surface area (TPSA) is 59.2 Å². The first-order chi connectivity index (χ1) is 11.3. The van der Waals surface area contributed by atoms with Crippen LogP contribution in [0.3, 0.4) is 0 Å². The highest BCUT2D eigenvalue weighted by Crippen LogP contribution is 2.32. The van der Waals surface area contributed by atoms with Crippen LogP contribution in [0.4, 0.5) is 0 Å². The van der Waals surface area contributed by atoms with E-state index in [1.165, 1.54) is 12.8 Å². The minimum absolute atomic E-state index is 0.175. The second-order valence-corrected chi connectivity index (χ2v) is 7.34. The van der Waals surface area contributed by atoms with Crippen LogP contribution < -0.4 is 0 Å². The summed E-state index contributed by atoms with van der Waals surface area (Å²) in [5.74, 6) is 2.02. The summed E-state index contributed by atoms with van der Waals surface area (Å²) in [6.07, 6.45) is 6.54. The highest BCUT2D eigenvalue weighted by Gasteiger charge is 2.32. The number of nitrogens with zero attached hydrogens (tertiary/aromatic N) is 3. The number of aromatic nitrogens is 2. The Hall–Kier alpha value is -1.69. The van der Waals surface area contributed by atoms with Crippen LogP contribution in [0.1, 0.15) is 50.3 Å². The zero-order valence-electron chi connectivity index (χ0n) is 13.1. The molecule has 2 aliphatic rings. The molecule has 6 heteroatoms. The molecule has 2 aromatic rings. The molecule has 0 bridgehead atoms. The Morgan fingerprint density at radius 1 is 1.22 bits per heavy atom. The Morgan fingerprint density at radius 2 is 2.09 bits per heavy atom. The van der Waals surface area contributed by atoms with Crippen molar-refractivity contribution >= 4 is 17.2 Å². The normalized spacial score (nSPS) is 22.6. The number of carbonyl (C=O) groups is 1. The molecule has 1 aliphatic carbocycles. The van der Waals surface area contributed by atoms with Gasteiger partial charge in [-0.25, -0.2) is 0 Å². The molecule has 1 saturated heterocycles. The van der Waals surface area contributed by atoms with Crippen LogP contribution in [0.15, 0.2) is 21.2 Å². The third-order valence-electron chi connectivity index (χ3n) is 5.00. The lowest BCUT2D eigenvalue weighted by Gasteiger charge is -2.32. The molecule has 1 amide bonds. The molecule has 2 aromatic heterocycles. The van der Waals surface area contributed by atoms with Gasteiger partial charge in [0.25, 0.3) is 0 Å². The van der Waals surface area contributed by atoms with Crippen LogP contribution in [-0.2, 0) is 4.79 Å². The van der Waals surface area contributed by atoms with Gasteiger partial charge in [-0.15, -0.1) is 10.2 Å². The summed E-state index contributed by atoms with van der Waals surface area (Å²) < 4.78 is 5.87. The molecule has 0 spiro atoms. The average Bonchev–Trinajstić information content (AvgIpc) is 3.36. The fourth-order valence-electron chi connectivity index (χ4n) is 3.71. The van der Waals surface area contributed by atoms with Crippen molar-refractivity contribution in [3.63, 3.8) is 0 Å². The molecular weight excluding hydrogens is 310 g/mol. The standard InChI is InChI=1S/C17H21N3O2S/c21-17(12-4-1-2-5-12)20-8-3-6-13(10-20)15-18-19-16(22-15)14-7-9-23-11-14/h7,9,11-13H,1-6,8,10H2. The Labute approximate surface area is 139 Å². The number of likely N-dealkylation sites (tertiary alicyclic amines) is 1. The molecular formula is C17H21N3O2S. The maximum atomic E-state index is 12.6. The molecule has 23 heavy (non-hydrogen) atoms. The zero-order chi connectivity index (χ0) is 15.6. The lowest BCUT2D eigenvalue weighted by Crippen LogP contribution is -2.41. The monoisotopic (exact) mass is 331 g/mol. The second kappa shape index (κ2) is 6.43. The van der Waals surface area contributed by atoms with Gasteiger partial charge in [0.05, 0.1) is 5.92 Å². The molecule has 1 aliphatic heterocycles. The van der Waals surface area contributed by atoms with Crippen molar-refractivity contribution in [3.05, 3.63) is 22.7 Å². The molecule has 0 N–H and O–H groups in total. The number of rotatable bonds is 3. The van der Waals surface area contributed by atoms with Gasteiger partial charge < -0.3 is 9.32 Å². The molecule has 4 rings (SSSR count). The quantitative estimate of drug-likeness (QED) is 0.860. The maximum absolute atomic E-state index is 12.6. The van der Waals surface area contributed by atoms with Crippen LogP contribution >= 0.6 is 11.3 Å². The Morgan fingerprint density at radius 3 is 2.87 bits per heavy atom. The molecule has 2 fully saturated rings. The summed E-state index contributed by atoms with van der Waals surface area (Å²) in [6, 6.07) is 1.98. The molecule has 3 heterocycles. The van der Waals surface area contributed by atoms with E-state index in [9.17, 15) is 4.79 Å². The third-order valence-corrected chi connectivity index (χ3v) is 5.68. The minimum Gasteiger partial charge on any atom is -0.420 e. The van der Waals surface area contributed by atoms with Gasteiger partial charge in [0.15, 0.2) is 0 Å². The Bertz CT molecular complexity index is 661. The van der Waals surface area contributed by atoms with Crippen molar-refractivity contribution in [2.45, 2.75) is 44.4 Å². The fourth-order valence-corrected chi connectivity index (χ4v) is 4.34. The molecule has 0 radical (unpaired) electrons. The van der Waals surface area contributed by atoms with Gasteiger partial charge in [0, 0.05) is 30.0 Å². The zero-order valence-corrected chi connectivity index (χ0v) is 13.9. The lowest BCUT2D eigenvalue weighted by molar-refractivity contribution is -0.136. The molecule has 1 saturated carbocycles. The van der Waals surface area contributed by atoms with E-state index in [0.717, 1.165) is 44.3 Å². The Balaban J connectivity index is 1.46. The van der Waals surface area contributed by atoms with E-state index in [0.29, 0.717) is 17.7 Å². The van der Waals surface area contributed by atoms with E-state index in [1.807, 2.05) is 21.7 Å². The van der Waals surface area contributed by atoms with Crippen molar-refractivity contribution in [3.8, 4) is 11.5 Å². The molecule has 1 atom stereocenters. The summed E-state index contributed by atoms with van der Waals surface area (Å²) in [5.41, 5.74) is 0.975. The van der Waals surface area contributed by atoms with Gasteiger partial charge in [-0.2, -0.15) is 11.3 Å². The van der Waals surface area contributed by atoms with Crippen molar-refractivity contribution < 1.29 is 9.21 Å². The predicted molar refractivity (Wildman–Crippen MR) is 88.1 cm³/mol. The van der Waals surface area contributed by atoms with E-state index in [4.69, 9.17) is 4.42 Å². The Kier molecular flexibility index (Phi) is 4.16. The first kappa shape index (κ1) is 14.9. The van der Waals surface area contributed by atoms with Crippen molar-refractivity contribution in [1.82, 2.24) is 15.1 Å². The van der Waals surface area contributed by atoms with Crippen molar-refractivity contribution in [2.75, 3.05) is 13.1 Å². The van der Waals surface area contributed by atoms with Crippen LogP contribution in [0, 0.1) is 5.92 Å². The largest absolute Gasteiger partial charge is 0.420 e. The van der Waals surface area contributed by atoms with Crippen molar-refractivity contribution in [1.29, 1.82) is 0 Å². The van der Waals surface area contributed by atoms with Gasteiger partial charge in [-0.1, -0.05) is 12.8 Å². The van der Waals surface area contributed by atoms with Crippen LogP contribution in [0.2, 0.25) is 0 Å². The van der Waals surface area contributed by atoms with E-state index < -0.39 is 0 Å². The second-order valence-electron chi connectivity index (χ2n) is 6.56. The van der Waals surface area contributed by atoms with Crippen LogP contribution in [0.25, 0.3) is 11.5 Å². The highest BCUT2D eigenvalue weighted by molar-refractivity contribution is 7.08. The van der Waals surface area contributed by atoms with Crippen LogP contribution in [0.5, 0.6) is 0 Å². The third kappa shape index (κ3) is 3.04. The lowest BCUT2D eigenvalue weighted by atomic mass is 9.96. The van der Waals surface area contributed by atoms with E-state index in [2.05, 4.69) is 10.2 Å². The van der Waals surface area contributed by atoms with E-state index in [-0.39, 0.29) is 11.8 Å². The summed E-state index contributed by atoms with van der Waals surface area (Å²) in [5, 5.41) is 12.4. The number of piperidine rings is 1. The number of hydrogen-bond donors (Lipinski definition) is 0. The number of hydrogen-bond acceptors (Lipinski definition) is 5. The summed E-state index contributed by atoms with van der Waals surface area (Å²) in [4.78, 5) is 14.7. The van der Waals surface area contributed by atoms with Gasteiger partial charge in [-0.3, -0.25) is 4.79 Å². The van der Waals surface area contributed by atoms with Gasteiger partial charge in [-0.05, 0) is 37.1 Å². The van der Waals surface area contributed by atoms with E-state index in [1.54, 1.807) is 11.3 Å². The van der Waals surface area contributed by atoms with Gasteiger partial charge in [0.1, 0.15) is 0 Å². The molecule has 5 nitrogen and oxygen atoms in total. The van der Waals surface area contributed by atoms with Gasteiger partial charge in [0.2, 0.25) is 17.7 Å². The number of carbonyl (C=O) groups excluding carboxylic acids is 1. The van der Waals surface area contributed by atoms with E-state index >= 15 is 0 Å². The van der Waals surface area contributed by atoms with Gasteiger partial charge >= 0.3 is 0 Å². The number of amides is 1. The SMILES string of the molecule is O=C(C1CCCC1)N1CCCC(c2nnc(-c3ccsc3)o2)C1. The smallest absolute Gasteiger partial charge is 0.248 e. The number of thiophene rings is 1. The molecule has 122 valence electrons. The van der Waals surface area contributed by atoms with Crippen molar-refractivity contribution in [2.24, 2.45) is 5.92 Å². The first-order valence-electron chi connectivity index (χ1n) is 8.46.